The Hall–Kier alpha value is -3.44. The topological polar surface area (TPSA) is 151 Å². The third-order valence-electron chi connectivity index (χ3n) is 4.25. The van der Waals surface area contributed by atoms with Crippen molar-refractivity contribution in [2.45, 2.75) is 19.1 Å². The van der Waals surface area contributed by atoms with E-state index in [1.807, 2.05) is 6.07 Å². The summed E-state index contributed by atoms with van der Waals surface area (Å²) in [7, 11) is 0. The maximum Gasteiger partial charge on any atom is 0.394 e. The molecule has 11 heteroatoms. The molecular weight excluding hydrogens is 416 g/mol. The summed E-state index contributed by atoms with van der Waals surface area (Å²) in [5, 5.41) is 23.0. The van der Waals surface area contributed by atoms with Crippen LogP contribution in [0, 0.1) is 0 Å². The lowest BCUT2D eigenvalue weighted by Crippen LogP contribution is -2.38. The molecule has 1 aromatic carbocycles. The van der Waals surface area contributed by atoms with Crippen molar-refractivity contribution in [3.8, 4) is 5.75 Å². The molecule has 0 spiro atoms. The average molecular weight is 434 g/mol. The van der Waals surface area contributed by atoms with Gasteiger partial charge in [-0.15, -0.1) is 11.3 Å². The van der Waals surface area contributed by atoms with E-state index in [0.717, 1.165) is 11.3 Å². The normalized spacial score (nSPS) is 15.0. The van der Waals surface area contributed by atoms with Crippen LogP contribution in [0.15, 0.2) is 30.3 Å². The van der Waals surface area contributed by atoms with Crippen LogP contribution in [0.2, 0.25) is 0 Å². The predicted octanol–water partition coefficient (Wildman–Crippen LogP) is 1.11. The molecular formula is C19H18N2O8S. The summed E-state index contributed by atoms with van der Waals surface area (Å²) in [5.41, 5.74) is 0.302. The number of hydrogen-bond donors (Lipinski definition) is 4. The quantitative estimate of drug-likeness (QED) is 0.473. The second-order valence-corrected chi connectivity index (χ2v) is 7.42. The van der Waals surface area contributed by atoms with Crippen LogP contribution in [0.1, 0.15) is 20.8 Å². The van der Waals surface area contributed by atoms with Gasteiger partial charge >= 0.3 is 17.8 Å². The standard InChI is InChI=1S/C19H18N2O8S/c22-14(9-29-10-4-2-1-3-5-10)20-7-11-6-12-13(8-28-11)30-17(15(12)18(24)25)21-16(23)19(26)27/h1-5,11H,6-9H2,(H,20,22)(H,21,23)(H,24,25)(H,26,27). The lowest BCUT2D eigenvalue weighted by molar-refractivity contribution is -0.147. The molecule has 0 fully saturated rings. The molecule has 0 aliphatic carbocycles. The number of hydrogen-bond acceptors (Lipinski definition) is 7. The van der Waals surface area contributed by atoms with E-state index in [-0.39, 0.29) is 42.7 Å². The summed E-state index contributed by atoms with van der Waals surface area (Å²) < 4.78 is 11.0. The summed E-state index contributed by atoms with van der Waals surface area (Å²) in [4.78, 5) is 46.4. The number of amides is 2. The Balaban J connectivity index is 1.60. The Morgan fingerprint density at radius 1 is 1.17 bits per heavy atom. The molecule has 1 atom stereocenters. The number of aromatic carboxylic acids is 1. The molecule has 158 valence electrons. The lowest BCUT2D eigenvalue weighted by atomic mass is 10.0. The Kier molecular flexibility index (Phi) is 6.65. The highest BCUT2D eigenvalue weighted by Crippen LogP contribution is 2.37. The van der Waals surface area contributed by atoms with Crippen molar-refractivity contribution in [1.82, 2.24) is 5.32 Å². The molecule has 30 heavy (non-hydrogen) atoms. The van der Waals surface area contributed by atoms with Crippen LogP contribution in [0.5, 0.6) is 5.75 Å². The van der Waals surface area contributed by atoms with E-state index in [2.05, 4.69) is 10.6 Å². The second-order valence-electron chi connectivity index (χ2n) is 6.32. The molecule has 0 saturated carbocycles. The Morgan fingerprint density at radius 2 is 1.90 bits per heavy atom. The van der Waals surface area contributed by atoms with Crippen LogP contribution in [0.4, 0.5) is 5.00 Å². The molecule has 0 radical (unpaired) electrons. The van der Waals surface area contributed by atoms with Crippen LogP contribution < -0.4 is 15.4 Å². The van der Waals surface area contributed by atoms with E-state index < -0.39 is 23.9 Å². The van der Waals surface area contributed by atoms with Gasteiger partial charge in [-0.25, -0.2) is 9.59 Å². The van der Waals surface area contributed by atoms with Crippen molar-refractivity contribution in [2.75, 3.05) is 18.5 Å². The van der Waals surface area contributed by atoms with Crippen LogP contribution in [0.25, 0.3) is 0 Å². The summed E-state index contributed by atoms with van der Waals surface area (Å²) in [6.07, 6.45) is -0.287. The number of carbonyl (C=O) groups is 4. The van der Waals surface area contributed by atoms with Gasteiger partial charge in [-0.3, -0.25) is 9.59 Å². The average Bonchev–Trinajstić information content (AvgIpc) is 3.08. The first-order valence-corrected chi connectivity index (χ1v) is 9.65. The first-order valence-electron chi connectivity index (χ1n) is 8.83. The third-order valence-corrected chi connectivity index (χ3v) is 5.37. The number of carbonyl (C=O) groups excluding carboxylic acids is 2. The third kappa shape index (κ3) is 5.13. The highest BCUT2D eigenvalue weighted by Gasteiger charge is 2.31. The smallest absolute Gasteiger partial charge is 0.394 e. The molecule has 1 aliphatic rings. The van der Waals surface area contributed by atoms with Gasteiger partial charge in [-0.1, -0.05) is 18.2 Å². The number of benzene rings is 1. The van der Waals surface area contributed by atoms with Gasteiger partial charge in [0.25, 0.3) is 5.91 Å². The fourth-order valence-corrected chi connectivity index (χ4v) is 4.01. The molecule has 2 heterocycles. The number of aliphatic carboxylic acids is 1. The van der Waals surface area contributed by atoms with Crippen molar-refractivity contribution in [3.05, 3.63) is 46.3 Å². The van der Waals surface area contributed by atoms with Crippen molar-refractivity contribution in [2.24, 2.45) is 0 Å². The number of carboxylic acid groups (broad SMARTS) is 2. The molecule has 1 aliphatic heterocycles. The summed E-state index contributed by atoms with van der Waals surface area (Å²) in [6, 6.07) is 8.85. The van der Waals surface area contributed by atoms with Gasteiger partial charge in [0.15, 0.2) is 6.61 Å². The van der Waals surface area contributed by atoms with E-state index in [1.54, 1.807) is 24.3 Å². The zero-order valence-corrected chi connectivity index (χ0v) is 16.4. The molecule has 1 aromatic heterocycles. The zero-order chi connectivity index (χ0) is 21.7. The van der Waals surface area contributed by atoms with Gasteiger partial charge in [0, 0.05) is 17.8 Å². The summed E-state index contributed by atoms with van der Waals surface area (Å²) in [5.74, 6) is -4.11. The van der Waals surface area contributed by atoms with E-state index >= 15 is 0 Å². The highest BCUT2D eigenvalue weighted by atomic mass is 32.1. The molecule has 2 amide bonds. The first-order chi connectivity index (χ1) is 14.3. The number of anilines is 1. The number of fused-ring (bicyclic) bond motifs is 1. The van der Waals surface area contributed by atoms with Crippen molar-refractivity contribution >= 4 is 40.1 Å². The Bertz CT molecular complexity index is 972. The Morgan fingerprint density at radius 3 is 2.57 bits per heavy atom. The highest BCUT2D eigenvalue weighted by molar-refractivity contribution is 7.17. The fraction of sp³-hybridized carbons (Fsp3) is 0.263. The summed E-state index contributed by atoms with van der Waals surface area (Å²) in [6.45, 7) is 0.0542. The molecule has 0 saturated heterocycles. The van der Waals surface area contributed by atoms with Gasteiger partial charge in [0.2, 0.25) is 0 Å². The number of carboxylic acids is 2. The lowest BCUT2D eigenvalue weighted by Gasteiger charge is -2.23. The van der Waals surface area contributed by atoms with Crippen LogP contribution in [-0.2, 0) is 32.1 Å². The van der Waals surface area contributed by atoms with E-state index in [4.69, 9.17) is 14.6 Å². The van der Waals surface area contributed by atoms with Crippen molar-refractivity contribution in [1.29, 1.82) is 0 Å². The molecule has 1 unspecified atom stereocenters. The largest absolute Gasteiger partial charge is 0.484 e. The van der Waals surface area contributed by atoms with E-state index in [0.29, 0.717) is 16.2 Å². The minimum atomic E-state index is -1.72. The van der Waals surface area contributed by atoms with Crippen LogP contribution in [-0.4, -0.2) is 53.2 Å². The van der Waals surface area contributed by atoms with Gasteiger partial charge in [0.05, 0.1) is 18.3 Å². The van der Waals surface area contributed by atoms with Gasteiger partial charge in [-0.2, -0.15) is 0 Å². The Labute approximate surface area is 174 Å². The molecule has 4 N–H and O–H groups in total. The van der Waals surface area contributed by atoms with Crippen LogP contribution >= 0.6 is 11.3 Å². The van der Waals surface area contributed by atoms with E-state index in [1.165, 1.54) is 0 Å². The van der Waals surface area contributed by atoms with Gasteiger partial charge in [-0.05, 0) is 17.7 Å². The van der Waals surface area contributed by atoms with Crippen LogP contribution in [0.3, 0.4) is 0 Å². The van der Waals surface area contributed by atoms with E-state index in [9.17, 15) is 24.3 Å². The molecule has 10 nitrogen and oxygen atoms in total. The predicted molar refractivity (Wildman–Crippen MR) is 105 cm³/mol. The molecule has 3 rings (SSSR count). The first kappa shape index (κ1) is 21.3. The number of nitrogens with one attached hydrogen (secondary N) is 2. The number of thiophene rings is 1. The van der Waals surface area contributed by atoms with Crippen molar-refractivity contribution < 1.29 is 38.9 Å². The SMILES string of the molecule is O=C(COc1ccccc1)NCC1Cc2c(sc(NC(=O)C(=O)O)c2C(=O)O)CO1. The summed E-state index contributed by atoms with van der Waals surface area (Å²) >= 11 is 0.960. The van der Waals surface area contributed by atoms with Gasteiger partial charge < -0.3 is 30.3 Å². The number of ether oxygens (including phenoxy) is 2. The minimum Gasteiger partial charge on any atom is -0.484 e. The van der Waals surface area contributed by atoms with Crippen molar-refractivity contribution in [3.63, 3.8) is 0 Å². The number of rotatable bonds is 7. The molecule has 2 aromatic rings. The van der Waals surface area contributed by atoms with Gasteiger partial charge in [0.1, 0.15) is 10.8 Å². The molecule has 0 bridgehead atoms. The second kappa shape index (κ2) is 9.37. The minimum absolute atomic E-state index is 0.0514. The monoisotopic (exact) mass is 434 g/mol. The maximum absolute atomic E-state index is 12.0. The fourth-order valence-electron chi connectivity index (χ4n) is 2.87. The number of para-hydroxylation sites is 1. The maximum atomic E-state index is 12.0. The zero-order valence-electron chi connectivity index (χ0n) is 15.5.